The second-order valence-corrected chi connectivity index (χ2v) is 5.58. The Morgan fingerprint density at radius 3 is 2.70 bits per heavy atom. The third-order valence-corrected chi connectivity index (χ3v) is 3.97. The average Bonchev–Trinajstić information content (AvgIpc) is 2.97. The first-order valence-electron chi connectivity index (χ1n) is 7.67. The Morgan fingerprint density at radius 1 is 1.09 bits per heavy atom. The molecule has 7 nitrogen and oxygen atoms in total. The van der Waals surface area contributed by atoms with E-state index in [1.54, 1.807) is 17.6 Å². The zero-order valence-corrected chi connectivity index (χ0v) is 12.8. The third kappa shape index (κ3) is 4.10. The largest absolute Gasteiger partial charge is 0.337 e. The second-order valence-electron chi connectivity index (χ2n) is 5.58. The van der Waals surface area contributed by atoms with Gasteiger partial charge in [0.15, 0.2) is 0 Å². The normalized spacial score (nSPS) is 16.3. The molecule has 1 fully saturated rings. The maximum absolute atomic E-state index is 13.2. The predicted molar refractivity (Wildman–Crippen MR) is 81.2 cm³/mol. The van der Waals surface area contributed by atoms with Crippen LogP contribution in [-0.2, 0) is 6.54 Å². The Hall–Kier alpha value is -2.35. The lowest BCUT2D eigenvalue weighted by Crippen LogP contribution is -2.36. The van der Waals surface area contributed by atoms with E-state index in [2.05, 4.69) is 20.1 Å². The lowest BCUT2D eigenvalue weighted by molar-refractivity contribution is 0.0760. The molecule has 122 valence electrons. The lowest BCUT2D eigenvalue weighted by atomic mass is 10.2. The number of aromatic nitrogens is 4. The second kappa shape index (κ2) is 7.28. The summed E-state index contributed by atoms with van der Waals surface area (Å²) in [5, 5.41) is 7.57. The highest BCUT2D eigenvalue weighted by molar-refractivity contribution is 5.93. The SMILES string of the molecule is O=C(c1cncc(F)c1)N1CCCN(CCn2cnnc2)CC1. The van der Waals surface area contributed by atoms with Crippen molar-refractivity contribution in [1.29, 1.82) is 0 Å². The van der Waals surface area contributed by atoms with Crippen molar-refractivity contribution in [1.82, 2.24) is 29.5 Å². The number of halogens is 1. The van der Waals surface area contributed by atoms with E-state index in [1.807, 2.05) is 4.57 Å². The average molecular weight is 318 g/mol. The number of nitrogens with zero attached hydrogens (tertiary/aromatic N) is 6. The van der Waals surface area contributed by atoms with Crippen LogP contribution in [0.25, 0.3) is 0 Å². The summed E-state index contributed by atoms with van der Waals surface area (Å²) in [4.78, 5) is 20.3. The van der Waals surface area contributed by atoms with Gasteiger partial charge in [0.2, 0.25) is 0 Å². The van der Waals surface area contributed by atoms with Gasteiger partial charge >= 0.3 is 0 Å². The molecule has 3 rings (SSSR count). The van der Waals surface area contributed by atoms with Crippen LogP contribution in [0.15, 0.2) is 31.1 Å². The zero-order valence-electron chi connectivity index (χ0n) is 12.8. The Balaban J connectivity index is 1.54. The molecule has 1 aliphatic rings. The molecule has 0 N–H and O–H groups in total. The molecule has 1 aliphatic heterocycles. The zero-order chi connectivity index (χ0) is 16.1. The lowest BCUT2D eigenvalue weighted by Gasteiger charge is -2.22. The summed E-state index contributed by atoms with van der Waals surface area (Å²) in [6.07, 6.45) is 6.82. The summed E-state index contributed by atoms with van der Waals surface area (Å²) in [6.45, 7) is 4.77. The van der Waals surface area contributed by atoms with Crippen molar-refractivity contribution in [2.45, 2.75) is 13.0 Å². The molecule has 0 atom stereocenters. The Morgan fingerprint density at radius 2 is 1.91 bits per heavy atom. The topological polar surface area (TPSA) is 67.2 Å². The van der Waals surface area contributed by atoms with Crippen LogP contribution in [0.5, 0.6) is 0 Å². The summed E-state index contributed by atoms with van der Waals surface area (Å²) in [7, 11) is 0. The van der Waals surface area contributed by atoms with Crippen molar-refractivity contribution in [3.8, 4) is 0 Å². The molecule has 0 aliphatic carbocycles. The summed E-state index contributed by atoms with van der Waals surface area (Å²) in [5.74, 6) is -0.640. The van der Waals surface area contributed by atoms with Crippen LogP contribution in [0.2, 0.25) is 0 Å². The molecular weight excluding hydrogens is 299 g/mol. The first kappa shape index (κ1) is 15.5. The minimum atomic E-state index is -0.485. The summed E-state index contributed by atoms with van der Waals surface area (Å²) in [6, 6.07) is 1.24. The number of hydrogen-bond donors (Lipinski definition) is 0. The monoisotopic (exact) mass is 318 g/mol. The van der Waals surface area contributed by atoms with Crippen LogP contribution < -0.4 is 0 Å². The van der Waals surface area contributed by atoms with E-state index >= 15 is 0 Å². The first-order valence-corrected chi connectivity index (χ1v) is 7.67. The van der Waals surface area contributed by atoms with Gasteiger partial charge in [-0.25, -0.2) is 4.39 Å². The summed E-state index contributed by atoms with van der Waals surface area (Å²) < 4.78 is 15.2. The van der Waals surface area contributed by atoms with Gasteiger partial charge < -0.3 is 9.47 Å². The number of hydrogen-bond acceptors (Lipinski definition) is 5. The molecule has 1 saturated heterocycles. The molecule has 2 aromatic heterocycles. The highest BCUT2D eigenvalue weighted by atomic mass is 19.1. The smallest absolute Gasteiger partial charge is 0.255 e. The molecule has 0 aromatic carbocycles. The Kier molecular flexibility index (Phi) is 4.92. The minimum Gasteiger partial charge on any atom is -0.337 e. The van der Waals surface area contributed by atoms with Crippen molar-refractivity contribution in [3.63, 3.8) is 0 Å². The highest BCUT2D eigenvalue weighted by Crippen LogP contribution is 2.10. The van der Waals surface area contributed by atoms with E-state index in [1.165, 1.54) is 12.3 Å². The Labute approximate surface area is 133 Å². The van der Waals surface area contributed by atoms with E-state index in [-0.39, 0.29) is 5.91 Å². The summed E-state index contributed by atoms with van der Waals surface area (Å²) >= 11 is 0. The van der Waals surface area contributed by atoms with Gasteiger partial charge in [-0.05, 0) is 19.0 Å². The fourth-order valence-corrected chi connectivity index (χ4v) is 2.70. The van der Waals surface area contributed by atoms with Crippen LogP contribution in [0, 0.1) is 5.82 Å². The maximum atomic E-state index is 13.2. The van der Waals surface area contributed by atoms with Crippen molar-refractivity contribution in [2.75, 3.05) is 32.7 Å². The van der Waals surface area contributed by atoms with E-state index in [9.17, 15) is 9.18 Å². The number of rotatable bonds is 4. The van der Waals surface area contributed by atoms with Crippen molar-refractivity contribution < 1.29 is 9.18 Å². The quantitative estimate of drug-likeness (QED) is 0.828. The van der Waals surface area contributed by atoms with E-state index in [0.29, 0.717) is 18.7 Å². The summed E-state index contributed by atoms with van der Waals surface area (Å²) in [5.41, 5.74) is 0.308. The van der Waals surface area contributed by atoms with Crippen molar-refractivity contribution >= 4 is 5.91 Å². The van der Waals surface area contributed by atoms with Gasteiger partial charge in [-0.1, -0.05) is 0 Å². The van der Waals surface area contributed by atoms with Gasteiger partial charge in [0.1, 0.15) is 18.5 Å². The molecule has 0 bridgehead atoms. The molecule has 0 saturated carbocycles. The molecular formula is C15H19FN6O. The van der Waals surface area contributed by atoms with Crippen molar-refractivity contribution in [2.24, 2.45) is 0 Å². The molecule has 0 radical (unpaired) electrons. The van der Waals surface area contributed by atoms with Gasteiger partial charge in [-0.2, -0.15) is 0 Å². The number of carbonyl (C=O) groups excluding carboxylic acids is 1. The number of pyridine rings is 1. The van der Waals surface area contributed by atoms with Crippen LogP contribution in [0.3, 0.4) is 0 Å². The van der Waals surface area contributed by atoms with E-state index in [4.69, 9.17) is 0 Å². The third-order valence-electron chi connectivity index (χ3n) is 3.97. The van der Waals surface area contributed by atoms with Crippen LogP contribution in [0.4, 0.5) is 4.39 Å². The fourth-order valence-electron chi connectivity index (χ4n) is 2.70. The van der Waals surface area contributed by atoms with Crippen LogP contribution in [0.1, 0.15) is 16.8 Å². The maximum Gasteiger partial charge on any atom is 0.255 e. The van der Waals surface area contributed by atoms with E-state index < -0.39 is 5.82 Å². The molecule has 3 heterocycles. The van der Waals surface area contributed by atoms with Gasteiger partial charge in [0, 0.05) is 38.9 Å². The van der Waals surface area contributed by atoms with Crippen molar-refractivity contribution in [3.05, 3.63) is 42.5 Å². The fraction of sp³-hybridized carbons (Fsp3) is 0.467. The minimum absolute atomic E-state index is 0.155. The molecule has 23 heavy (non-hydrogen) atoms. The number of amides is 1. The van der Waals surface area contributed by atoms with Gasteiger partial charge in [-0.3, -0.25) is 14.7 Å². The van der Waals surface area contributed by atoms with Gasteiger partial charge in [0.25, 0.3) is 5.91 Å². The van der Waals surface area contributed by atoms with Gasteiger partial charge in [0.05, 0.1) is 11.8 Å². The molecule has 1 amide bonds. The number of carbonyl (C=O) groups is 1. The highest BCUT2D eigenvalue weighted by Gasteiger charge is 2.20. The molecule has 2 aromatic rings. The van der Waals surface area contributed by atoms with Crippen LogP contribution >= 0.6 is 0 Å². The molecule has 0 unspecified atom stereocenters. The van der Waals surface area contributed by atoms with Crippen LogP contribution in [-0.4, -0.2) is 68.2 Å². The predicted octanol–water partition coefficient (Wildman–Crippen LogP) is 0.660. The Bertz CT molecular complexity index is 647. The van der Waals surface area contributed by atoms with Gasteiger partial charge in [-0.15, -0.1) is 10.2 Å². The first-order chi connectivity index (χ1) is 11.2. The standard InChI is InChI=1S/C15H19FN6O/c16-14-8-13(9-17-10-14)15(23)22-3-1-2-20(6-7-22)4-5-21-11-18-19-12-21/h8-12H,1-7H2. The van der Waals surface area contributed by atoms with E-state index in [0.717, 1.165) is 38.8 Å². The molecule has 0 spiro atoms. The molecule has 8 heteroatoms.